The van der Waals surface area contributed by atoms with E-state index in [0.29, 0.717) is 18.4 Å². The van der Waals surface area contributed by atoms with E-state index in [2.05, 4.69) is 0 Å². The van der Waals surface area contributed by atoms with Gasteiger partial charge in [-0.1, -0.05) is 18.2 Å². The second-order valence-electron chi connectivity index (χ2n) is 6.97. The van der Waals surface area contributed by atoms with Gasteiger partial charge in [0.2, 0.25) is 10.0 Å². The fourth-order valence-electron chi connectivity index (χ4n) is 2.98. The molecule has 0 atom stereocenters. The van der Waals surface area contributed by atoms with Crippen molar-refractivity contribution >= 4 is 27.3 Å². The summed E-state index contributed by atoms with van der Waals surface area (Å²) in [4.78, 5) is 23.6. The first-order chi connectivity index (χ1) is 16.2. The minimum Gasteiger partial charge on any atom is -0.451 e. The van der Waals surface area contributed by atoms with Gasteiger partial charge >= 0.3 is 6.18 Å². The largest absolute Gasteiger partial charge is 0.451 e. The van der Waals surface area contributed by atoms with E-state index in [0.717, 1.165) is 6.07 Å². The first kappa shape index (κ1) is 25.6. The summed E-state index contributed by atoms with van der Waals surface area (Å²) in [5, 5.41) is 11.5. The third kappa shape index (κ3) is 5.54. The number of halogens is 5. The third-order valence-electron chi connectivity index (χ3n) is 4.45. The summed E-state index contributed by atoms with van der Waals surface area (Å²) in [6, 6.07) is 9.00. The van der Waals surface area contributed by atoms with Crippen LogP contribution in [-0.4, -0.2) is 25.5 Å². The molecule has 184 valence electrons. The Kier molecular flexibility index (Phi) is 6.78. The molecule has 0 aliphatic heterocycles. The summed E-state index contributed by atoms with van der Waals surface area (Å²) >= 11 is 0. The lowest BCUT2D eigenvalue weighted by atomic mass is 10.1. The van der Waals surface area contributed by atoms with Crippen LogP contribution in [0.5, 0.6) is 11.5 Å². The zero-order chi connectivity index (χ0) is 26.1. The second kappa shape index (κ2) is 9.29. The highest BCUT2D eigenvalue weighted by molar-refractivity contribution is 7.92. The van der Waals surface area contributed by atoms with Gasteiger partial charge in [0.05, 0.1) is 22.4 Å². The van der Waals surface area contributed by atoms with E-state index in [4.69, 9.17) is 4.74 Å². The lowest BCUT2D eigenvalue weighted by Gasteiger charge is -2.20. The van der Waals surface area contributed by atoms with Crippen molar-refractivity contribution in [2.75, 3.05) is 10.6 Å². The highest BCUT2D eigenvalue weighted by Gasteiger charge is 2.34. The number of amides is 1. The predicted octanol–water partition coefficient (Wildman–Crippen LogP) is 5.29. The van der Waals surface area contributed by atoms with E-state index < -0.39 is 67.0 Å². The van der Waals surface area contributed by atoms with Gasteiger partial charge in [0.15, 0.2) is 17.4 Å². The monoisotopic (exact) mass is 516 g/mol. The minimum atomic E-state index is -5.04. The summed E-state index contributed by atoms with van der Waals surface area (Å²) in [5.41, 5.74) is -3.46. The molecule has 14 heteroatoms. The van der Waals surface area contributed by atoms with Gasteiger partial charge in [-0.25, -0.2) is 21.5 Å². The number of alkyl halides is 3. The van der Waals surface area contributed by atoms with Gasteiger partial charge in [0.25, 0.3) is 11.6 Å². The van der Waals surface area contributed by atoms with Gasteiger partial charge in [-0.2, -0.15) is 13.2 Å². The molecular weight excluding hydrogens is 503 g/mol. The minimum absolute atomic E-state index is 0.0172. The Morgan fingerprint density at radius 1 is 1.00 bits per heavy atom. The smallest absolute Gasteiger partial charge is 0.416 e. The predicted molar refractivity (Wildman–Crippen MR) is 113 cm³/mol. The molecule has 3 aromatic rings. The molecule has 0 fully saturated rings. The Morgan fingerprint density at radius 3 is 2.06 bits per heavy atom. The number of benzene rings is 3. The molecule has 0 unspecified atom stereocenters. The molecule has 0 radical (unpaired) electrons. The fraction of sp³-hybridized carbons (Fsp3) is 0.0952. The molecule has 0 aromatic heterocycles. The van der Waals surface area contributed by atoms with Crippen molar-refractivity contribution in [1.29, 1.82) is 0 Å². The van der Waals surface area contributed by atoms with Crippen molar-refractivity contribution in [3.63, 3.8) is 0 Å². The van der Waals surface area contributed by atoms with Gasteiger partial charge in [0, 0.05) is 12.1 Å². The number of sulfonamides is 1. The average molecular weight is 516 g/mol. The van der Waals surface area contributed by atoms with E-state index in [9.17, 15) is 45.3 Å². The summed E-state index contributed by atoms with van der Waals surface area (Å²) < 4.78 is 96.5. The summed E-state index contributed by atoms with van der Waals surface area (Å²) in [7, 11) is -4.32. The Labute approximate surface area is 194 Å². The highest BCUT2D eigenvalue weighted by Crippen LogP contribution is 2.37. The maximum Gasteiger partial charge on any atom is 0.416 e. The molecule has 0 bridgehead atoms. The van der Waals surface area contributed by atoms with E-state index in [1.54, 1.807) is 0 Å². The van der Waals surface area contributed by atoms with Crippen molar-refractivity contribution in [2.24, 2.45) is 0 Å². The fourth-order valence-corrected chi connectivity index (χ4v) is 3.88. The van der Waals surface area contributed by atoms with Gasteiger partial charge in [0.1, 0.15) is 11.3 Å². The molecule has 3 rings (SSSR count). The SMILES string of the molecule is CS(=O)(=O)N(C(=O)c1cc(Oc2c(F)cc(C(F)(F)F)cc2F)ccc1[N+](=O)[O-])c1ccccc1. The van der Waals surface area contributed by atoms with Gasteiger partial charge < -0.3 is 4.74 Å². The van der Waals surface area contributed by atoms with Gasteiger partial charge in [-0.05, 0) is 30.3 Å². The number of carbonyl (C=O) groups is 1. The van der Waals surface area contributed by atoms with E-state index in [1.807, 2.05) is 0 Å². The Hall–Kier alpha value is -4.07. The Morgan fingerprint density at radius 2 is 1.57 bits per heavy atom. The normalized spacial score (nSPS) is 11.7. The number of hydrogen-bond acceptors (Lipinski definition) is 6. The van der Waals surface area contributed by atoms with Crippen LogP contribution >= 0.6 is 0 Å². The molecule has 0 heterocycles. The van der Waals surface area contributed by atoms with Gasteiger partial charge in [-0.15, -0.1) is 0 Å². The van der Waals surface area contributed by atoms with Crippen LogP contribution in [0.2, 0.25) is 0 Å². The molecule has 0 aliphatic carbocycles. The van der Waals surface area contributed by atoms with E-state index >= 15 is 0 Å². The number of anilines is 1. The lowest BCUT2D eigenvalue weighted by molar-refractivity contribution is -0.385. The number of hydrogen-bond donors (Lipinski definition) is 0. The van der Waals surface area contributed by atoms with Crippen LogP contribution < -0.4 is 9.04 Å². The Balaban J connectivity index is 2.10. The van der Waals surface area contributed by atoms with Crippen molar-refractivity contribution in [3.8, 4) is 11.5 Å². The van der Waals surface area contributed by atoms with Crippen LogP contribution in [0.3, 0.4) is 0 Å². The molecule has 1 amide bonds. The van der Waals surface area contributed by atoms with E-state index in [1.165, 1.54) is 30.3 Å². The second-order valence-corrected chi connectivity index (χ2v) is 8.80. The molecular formula is C21H13F5N2O6S. The maximum absolute atomic E-state index is 14.2. The van der Waals surface area contributed by atoms with Crippen LogP contribution in [-0.2, 0) is 16.2 Å². The van der Waals surface area contributed by atoms with Crippen molar-refractivity contribution in [1.82, 2.24) is 0 Å². The molecule has 0 aliphatic rings. The zero-order valence-electron chi connectivity index (χ0n) is 17.4. The standard InChI is InChI=1S/C21H13F5N2O6S/c1-35(32,33)27(13-5-3-2-4-6-13)20(29)15-11-14(7-8-18(15)28(30)31)34-19-16(22)9-12(10-17(19)23)21(24,25)26/h2-11H,1H3. The average Bonchev–Trinajstić information content (AvgIpc) is 2.75. The molecule has 0 N–H and O–H groups in total. The van der Waals surface area contributed by atoms with Crippen molar-refractivity contribution in [2.45, 2.75) is 6.18 Å². The lowest BCUT2D eigenvalue weighted by Crippen LogP contribution is -2.36. The third-order valence-corrected chi connectivity index (χ3v) is 5.49. The number of carbonyl (C=O) groups excluding carboxylic acids is 1. The molecule has 0 saturated carbocycles. The molecule has 35 heavy (non-hydrogen) atoms. The van der Waals surface area contributed by atoms with Gasteiger partial charge in [-0.3, -0.25) is 14.9 Å². The summed E-state index contributed by atoms with van der Waals surface area (Å²) in [6.07, 6.45) is -4.36. The van der Waals surface area contributed by atoms with Crippen molar-refractivity contribution in [3.05, 3.63) is 93.5 Å². The quantitative estimate of drug-likeness (QED) is 0.250. The topological polar surface area (TPSA) is 107 Å². The number of ether oxygens (including phenoxy) is 1. The van der Waals surface area contributed by atoms with Crippen LogP contribution in [0, 0.1) is 21.7 Å². The molecule has 0 spiro atoms. The van der Waals surface area contributed by atoms with Crippen LogP contribution in [0.4, 0.5) is 33.3 Å². The molecule has 0 saturated heterocycles. The number of nitrogens with zero attached hydrogens (tertiary/aromatic N) is 2. The first-order valence-electron chi connectivity index (χ1n) is 9.32. The zero-order valence-corrected chi connectivity index (χ0v) is 18.2. The number of rotatable bonds is 6. The summed E-state index contributed by atoms with van der Waals surface area (Å²) in [6.45, 7) is 0. The summed E-state index contributed by atoms with van der Waals surface area (Å²) in [5.74, 6) is -6.70. The maximum atomic E-state index is 14.2. The van der Waals surface area contributed by atoms with Crippen LogP contribution in [0.15, 0.2) is 60.7 Å². The van der Waals surface area contributed by atoms with E-state index in [-0.39, 0.29) is 22.1 Å². The highest BCUT2D eigenvalue weighted by atomic mass is 32.2. The van der Waals surface area contributed by atoms with Crippen molar-refractivity contribution < 1.29 is 44.8 Å². The Bertz CT molecular complexity index is 1390. The molecule has 8 nitrogen and oxygen atoms in total. The first-order valence-corrected chi connectivity index (χ1v) is 11.2. The van der Waals surface area contributed by atoms with Crippen LogP contribution in [0.25, 0.3) is 0 Å². The number of nitro benzene ring substituents is 1. The van der Waals surface area contributed by atoms with Crippen LogP contribution in [0.1, 0.15) is 15.9 Å². The number of para-hydroxylation sites is 1. The number of nitro groups is 1. The molecule has 3 aromatic carbocycles.